The van der Waals surface area contributed by atoms with Gasteiger partial charge in [0, 0.05) is 29.4 Å². The van der Waals surface area contributed by atoms with Crippen LogP contribution in [0.3, 0.4) is 0 Å². The lowest BCUT2D eigenvalue weighted by Crippen LogP contribution is -2.40. The van der Waals surface area contributed by atoms with Crippen molar-refractivity contribution in [3.63, 3.8) is 0 Å². The van der Waals surface area contributed by atoms with Crippen LogP contribution in [0.5, 0.6) is 11.5 Å². The maximum Gasteiger partial charge on any atom is 0.192 e. The number of benzene rings is 2. The summed E-state index contributed by atoms with van der Waals surface area (Å²) in [6.07, 6.45) is 4.45. The summed E-state index contributed by atoms with van der Waals surface area (Å²) in [6.45, 7) is 12.7. The van der Waals surface area contributed by atoms with Crippen molar-refractivity contribution >= 4 is 19.8 Å². The van der Waals surface area contributed by atoms with Crippen molar-refractivity contribution in [1.29, 1.82) is 0 Å². The lowest BCUT2D eigenvalue weighted by molar-refractivity contribution is 0.267. The van der Waals surface area contributed by atoms with Crippen LogP contribution in [0.25, 0.3) is 0 Å². The molecule has 33 heavy (non-hydrogen) atoms. The Morgan fingerprint density at radius 2 is 1.64 bits per heavy atom. The zero-order valence-electron chi connectivity index (χ0n) is 20.3. The van der Waals surface area contributed by atoms with E-state index in [1.807, 2.05) is 48.7 Å². The molecule has 0 unspecified atom stereocenters. The van der Waals surface area contributed by atoms with Crippen LogP contribution in [0.1, 0.15) is 45.0 Å². The molecule has 2 aliphatic rings. The SMILES string of the molecule is CC(C)(C)[Si](C)(C)OCc1ncc2c(n1)N(c1ccc(Oc3ccccc3)cc1)CC21CC1. The highest BCUT2D eigenvalue weighted by atomic mass is 28.4. The van der Waals surface area contributed by atoms with Crippen molar-refractivity contribution in [2.75, 3.05) is 11.4 Å². The van der Waals surface area contributed by atoms with E-state index in [0.717, 1.165) is 35.4 Å². The third-order valence-electron chi connectivity index (χ3n) is 7.46. The van der Waals surface area contributed by atoms with E-state index in [4.69, 9.17) is 19.1 Å². The molecule has 3 aromatic rings. The predicted octanol–water partition coefficient (Wildman–Crippen LogP) is 6.97. The molecule has 0 amide bonds. The standard InChI is InChI=1S/C27H33N3O2Si/c1-26(2,3)33(4,5)31-18-24-28-17-23-25(29-24)30(19-27(23)15-16-27)20-11-13-22(14-12-20)32-21-9-7-6-8-10-21/h6-14,17H,15-16,18-19H2,1-5H3. The smallest absolute Gasteiger partial charge is 0.192 e. The first kappa shape index (κ1) is 22.1. The average Bonchev–Trinajstić information content (AvgIpc) is 3.50. The Bertz CT molecular complexity index is 1140. The number of hydrogen-bond acceptors (Lipinski definition) is 5. The van der Waals surface area contributed by atoms with Gasteiger partial charge in [-0.15, -0.1) is 0 Å². The van der Waals surface area contributed by atoms with E-state index in [2.05, 4.69) is 50.9 Å². The second-order valence-corrected chi connectivity index (χ2v) is 15.7. The number of rotatable bonds is 6. The fraction of sp³-hybridized carbons (Fsp3) is 0.407. The van der Waals surface area contributed by atoms with Crippen LogP contribution in [0, 0.1) is 0 Å². The zero-order valence-corrected chi connectivity index (χ0v) is 21.3. The molecule has 1 spiro atoms. The first-order valence-corrected chi connectivity index (χ1v) is 14.7. The molecule has 2 heterocycles. The molecule has 1 aliphatic carbocycles. The second kappa shape index (κ2) is 7.96. The summed E-state index contributed by atoms with van der Waals surface area (Å²) in [5.41, 5.74) is 2.63. The molecule has 2 aromatic carbocycles. The van der Waals surface area contributed by atoms with E-state index in [1.54, 1.807) is 0 Å². The summed E-state index contributed by atoms with van der Waals surface area (Å²) in [5.74, 6) is 3.47. The van der Waals surface area contributed by atoms with Crippen LogP contribution in [0.15, 0.2) is 60.8 Å². The lowest BCUT2D eigenvalue weighted by Gasteiger charge is -2.35. The number of fused-ring (bicyclic) bond motifs is 2. The van der Waals surface area contributed by atoms with E-state index >= 15 is 0 Å². The molecule has 0 bridgehead atoms. The van der Waals surface area contributed by atoms with E-state index in [0.29, 0.717) is 6.61 Å². The summed E-state index contributed by atoms with van der Waals surface area (Å²) in [5, 5.41) is 0.164. The Morgan fingerprint density at radius 1 is 0.970 bits per heavy atom. The largest absolute Gasteiger partial charge is 0.457 e. The minimum absolute atomic E-state index is 0.164. The third-order valence-corrected chi connectivity index (χ3v) is 11.9. The van der Waals surface area contributed by atoms with Crippen LogP contribution in [0.4, 0.5) is 11.5 Å². The highest BCUT2D eigenvalue weighted by Crippen LogP contribution is 2.57. The first-order chi connectivity index (χ1) is 15.7. The van der Waals surface area contributed by atoms with Gasteiger partial charge in [0.05, 0.1) is 6.61 Å². The second-order valence-electron chi connectivity index (χ2n) is 10.8. The van der Waals surface area contributed by atoms with Crippen molar-refractivity contribution in [2.45, 2.75) is 63.8 Å². The quantitative estimate of drug-likeness (QED) is 0.372. The maximum absolute atomic E-state index is 6.40. The molecule has 1 aliphatic heterocycles. The summed E-state index contributed by atoms with van der Waals surface area (Å²) < 4.78 is 12.4. The molecule has 1 aromatic heterocycles. The number of ether oxygens (including phenoxy) is 1. The van der Waals surface area contributed by atoms with Gasteiger partial charge in [-0.05, 0) is 67.4 Å². The molecule has 0 radical (unpaired) electrons. The number of para-hydroxylation sites is 1. The van der Waals surface area contributed by atoms with Crippen LogP contribution in [0.2, 0.25) is 18.1 Å². The van der Waals surface area contributed by atoms with Crippen LogP contribution in [-0.4, -0.2) is 24.8 Å². The summed E-state index contributed by atoms with van der Waals surface area (Å²) in [4.78, 5) is 12.0. The highest BCUT2D eigenvalue weighted by molar-refractivity contribution is 6.74. The van der Waals surface area contributed by atoms with Gasteiger partial charge in [0.1, 0.15) is 17.3 Å². The fourth-order valence-corrected chi connectivity index (χ4v) is 5.02. The maximum atomic E-state index is 6.40. The summed E-state index contributed by atoms with van der Waals surface area (Å²) >= 11 is 0. The molecule has 5 nitrogen and oxygen atoms in total. The highest BCUT2D eigenvalue weighted by Gasteiger charge is 2.53. The molecule has 0 atom stereocenters. The molecular weight excluding hydrogens is 426 g/mol. The number of hydrogen-bond donors (Lipinski definition) is 0. The molecule has 5 rings (SSSR count). The van der Waals surface area contributed by atoms with Gasteiger partial charge in [-0.25, -0.2) is 9.97 Å². The van der Waals surface area contributed by atoms with Gasteiger partial charge in [0.2, 0.25) is 0 Å². The van der Waals surface area contributed by atoms with E-state index in [-0.39, 0.29) is 10.5 Å². The van der Waals surface area contributed by atoms with E-state index in [1.165, 1.54) is 18.4 Å². The van der Waals surface area contributed by atoms with Gasteiger partial charge in [-0.2, -0.15) is 0 Å². The number of aromatic nitrogens is 2. The zero-order chi connectivity index (χ0) is 23.3. The number of anilines is 2. The minimum atomic E-state index is -1.86. The van der Waals surface area contributed by atoms with Crippen LogP contribution in [-0.2, 0) is 16.4 Å². The molecular formula is C27H33N3O2Si. The first-order valence-electron chi connectivity index (χ1n) is 11.8. The van der Waals surface area contributed by atoms with Crippen molar-refractivity contribution in [3.05, 3.63) is 72.2 Å². The monoisotopic (exact) mass is 459 g/mol. The molecule has 0 N–H and O–H groups in total. The van der Waals surface area contributed by atoms with Gasteiger partial charge in [-0.3, -0.25) is 0 Å². The van der Waals surface area contributed by atoms with Crippen molar-refractivity contribution in [3.8, 4) is 11.5 Å². The van der Waals surface area contributed by atoms with Gasteiger partial charge in [0.25, 0.3) is 0 Å². The summed E-state index contributed by atoms with van der Waals surface area (Å²) in [6, 6.07) is 18.2. The van der Waals surface area contributed by atoms with Crippen LogP contribution >= 0.6 is 0 Å². The van der Waals surface area contributed by atoms with Gasteiger partial charge >= 0.3 is 0 Å². The average molecular weight is 460 g/mol. The normalized spacial score (nSPS) is 16.7. The van der Waals surface area contributed by atoms with E-state index < -0.39 is 8.32 Å². The van der Waals surface area contributed by atoms with Crippen molar-refractivity contribution in [2.24, 2.45) is 0 Å². The molecule has 1 saturated carbocycles. The van der Waals surface area contributed by atoms with E-state index in [9.17, 15) is 0 Å². The molecule has 172 valence electrons. The third kappa shape index (κ3) is 4.29. The Hall–Kier alpha value is -2.70. The number of nitrogens with zero attached hydrogens (tertiary/aromatic N) is 3. The lowest BCUT2D eigenvalue weighted by atomic mass is 10.0. The Morgan fingerprint density at radius 3 is 2.27 bits per heavy atom. The van der Waals surface area contributed by atoms with Crippen molar-refractivity contribution in [1.82, 2.24) is 9.97 Å². The van der Waals surface area contributed by atoms with Gasteiger partial charge in [-0.1, -0.05) is 39.0 Å². The Balaban J connectivity index is 1.37. The Kier molecular flexibility index (Phi) is 5.33. The van der Waals surface area contributed by atoms with Crippen molar-refractivity contribution < 1.29 is 9.16 Å². The topological polar surface area (TPSA) is 47.5 Å². The predicted molar refractivity (Wildman–Crippen MR) is 135 cm³/mol. The van der Waals surface area contributed by atoms with Crippen LogP contribution < -0.4 is 9.64 Å². The van der Waals surface area contributed by atoms with Gasteiger partial charge in [0.15, 0.2) is 14.1 Å². The molecule has 0 saturated heterocycles. The molecule has 1 fully saturated rings. The van der Waals surface area contributed by atoms with Gasteiger partial charge < -0.3 is 14.1 Å². The minimum Gasteiger partial charge on any atom is -0.457 e. The Labute approximate surface area is 197 Å². The summed E-state index contributed by atoms with van der Waals surface area (Å²) in [7, 11) is -1.86. The molecule has 6 heteroatoms. The fourth-order valence-electron chi connectivity index (χ4n) is 4.09.